The largest absolute Gasteiger partial charge is 0.372 e. The lowest BCUT2D eigenvalue weighted by Crippen LogP contribution is -2.39. The quantitative estimate of drug-likeness (QED) is 0.844. The van der Waals surface area contributed by atoms with E-state index in [9.17, 15) is 0 Å². The van der Waals surface area contributed by atoms with Gasteiger partial charge in [0.05, 0.1) is 6.10 Å². The minimum atomic E-state index is 0.125. The van der Waals surface area contributed by atoms with E-state index in [0.29, 0.717) is 0 Å². The van der Waals surface area contributed by atoms with Crippen molar-refractivity contribution in [3.05, 3.63) is 35.4 Å². The maximum Gasteiger partial charge on any atom is 0.0949 e. The van der Waals surface area contributed by atoms with Crippen molar-refractivity contribution in [3.63, 3.8) is 0 Å². The molecule has 17 heavy (non-hydrogen) atoms. The number of nitrogens with one attached hydrogen (secondary N) is 1. The van der Waals surface area contributed by atoms with Gasteiger partial charge in [-0.05, 0) is 40.2 Å². The van der Waals surface area contributed by atoms with Crippen molar-refractivity contribution < 1.29 is 4.74 Å². The molecule has 0 heterocycles. The van der Waals surface area contributed by atoms with Gasteiger partial charge in [-0.2, -0.15) is 0 Å². The fourth-order valence-corrected chi connectivity index (χ4v) is 1.65. The van der Waals surface area contributed by atoms with Crippen LogP contribution in [-0.2, 0) is 4.74 Å². The van der Waals surface area contributed by atoms with Gasteiger partial charge in [-0.3, -0.25) is 0 Å². The van der Waals surface area contributed by atoms with Crippen LogP contribution >= 0.6 is 0 Å². The van der Waals surface area contributed by atoms with Gasteiger partial charge in [0.2, 0.25) is 0 Å². The standard InChI is InChI=1S/C15H25NO/c1-6-17-14(11-16-15(3,4)5)13-9-7-12(2)8-10-13/h7-10,14,16H,6,11H2,1-5H3. The van der Waals surface area contributed by atoms with Gasteiger partial charge in [0.15, 0.2) is 0 Å². The van der Waals surface area contributed by atoms with Crippen molar-refractivity contribution in [1.29, 1.82) is 0 Å². The predicted molar refractivity (Wildman–Crippen MR) is 73.3 cm³/mol. The number of hydrogen-bond acceptors (Lipinski definition) is 2. The fourth-order valence-electron chi connectivity index (χ4n) is 1.65. The summed E-state index contributed by atoms with van der Waals surface area (Å²) in [5.74, 6) is 0. The maximum absolute atomic E-state index is 5.80. The summed E-state index contributed by atoms with van der Waals surface area (Å²) in [5.41, 5.74) is 2.65. The lowest BCUT2D eigenvalue weighted by Gasteiger charge is -2.25. The van der Waals surface area contributed by atoms with Gasteiger partial charge < -0.3 is 10.1 Å². The molecule has 2 nitrogen and oxygen atoms in total. The molecule has 0 radical (unpaired) electrons. The Kier molecular flexibility index (Phi) is 5.16. The molecule has 1 aromatic rings. The van der Waals surface area contributed by atoms with Crippen LogP contribution in [0.4, 0.5) is 0 Å². The van der Waals surface area contributed by atoms with Gasteiger partial charge in [-0.25, -0.2) is 0 Å². The molecule has 0 saturated carbocycles. The van der Waals surface area contributed by atoms with Gasteiger partial charge in [0.1, 0.15) is 0 Å². The van der Waals surface area contributed by atoms with E-state index >= 15 is 0 Å². The van der Waals surface area contributed by atoms with Crippen LogP contribution in [0.15, 0.2) is 24.3 Å². The third kappa shape index (κ3) is 5.33. The van der Waals surface area contributed by atoms with Gasteiger partial charge in [0.25, 0.3) is 0 Å². The molecule has 1 aromatic carbocycles. The summed E-state index contributed by atoms with van der Waals surface area (Å²) in [7, 11) is 0. The van der Waals surface area contributed by atoms with Crippen LogP contribution in [0.1, 0.15) is 44.9 Å². The molecule has 1 rings (SSSR count). The lowest BCUT2D eigenvalue weighted by molar-refractivity contribution is 0.0577. The molecule has 0 aliphatic heterocycles. The topological polar surface area (TPSA) is 21.3 Å². The van der Waals surface area contributed by atoms with E-state index in [1.165, 1.54) is 11.1 Å². The Morgan fingerprint density at radius 2 is 1.76 bits per heavy atom. The second-order valence-corrected chi connectivity index (χ2v) is 5.49. The van der Waals surface area contributed by atoms with Gasteiger partial charge in [-0.15, -0.1) is 0 Å². The highest BCUT2D eigenvalue weighted by Crippen LogP contribution is 2.18. The Balaban J connectivity index is 2.68. The maximum atomic E-state index is 5.80. The zero-order valence-corrected chi connectivity index (χ0v) is 11.7. The molecule has 0 saturated heterocycles. The van der Waals surface area contributed by atoms with E-state index in [1.807, 2.05) is 6.92 Å². The molecular formula is C15H25NO. The molecule has 96 valence electrons. The van der Waals surface area contributed by atoms with Crippen LogP contribution in [-0.4, -0.2) is 18.7 Å². The molecular weight excluding hydrogens is 210 g/mol. The molecule has 0 spiro atoms. The van der Waals surface area contributed by atoms with Crippen molar-refractivity contribution in [2.24, 2.45) is 0 Å². The first-order valence-corrected chi connectivity index (χ1v) is 6.35. The van der Waals surface area contributed by atoms with Crippen LogP contribution < -0.4 is 5.32 Å². The molecule has 2 heteroatoms. The lowest BCUT2D eigenvalue weighted by atomic mass is 10.0. The van der Waals surface area contributed by atoms with Gasteiger partial charge >= 0.3 is 0 Å². The summed E-state index contributed by atoms with van der Waals surface area (Å²) >= 11 is 0. The Bertz CT molecular complexity index is 324. The first kappa shape index (κ1) is 14.2. The fraction of sp³-hybridized carbons (Fsp3) is 0.600. The summed E-state index contributed by atoms with van der Waals surface area (Å²) in [6, 6.07) is 8.58. The average Bonchev–Trinajstić information content (AvgIpc) is 2.24. The van der Waals surface area contributed by atoms with E-state index in [4.69, 9.17) is 4.74 Å². The first-order chi connectivity index (χ1) is 7.92. The minimum Gasteiger partial charge on any atom is -0.372 e. The van der Waals surface area contributed by atoms with Crippen LogP contribution in [0.25, 0.3) is 0 Å². The molecule has 0 aromatic heterocycles. The third-order valence-corrected chi connectivity index (χ3v) is 2.63. The van der Waals surface area contributed by atoms with E-state index < -0.39 is 0 Å². The highest BCUT2D eigenvalue weighted by molar-refractivity contribution is 5.23. The van der Waals surface area contributed by atoms with Gasteiger partial charge in [0, 0.05) is 18.7 Å². The van der Waals surface area contributed by atoms with Crippen LogP contribution in [0.3, 0.4) is 0 Å². The van der Waals surface area contributed by atoms with Crippen molar-refractivity contribution in [3.8, 4) is 0 Å². The van der Waals surface area contributed by atoms with Crippen molar-refractivity contribution >= 4 is 0 Å². The number of hydrogen-bond donors (Lipinski definition) is 1. The minimum absolute atomic E-state index is 0.125. The second-order valence-electron chi connectivity index (χ2n) is 5.49. The summed E-state index contributed by atoms with van der Waals surface area (Å²) in [4.78, 5) is 0. The SMILES string of the molecule is CCOC(CNC(C)(C)C)c1ccc(C)cc1. The average molecular weight is 235 g/mol. The zero-order chi connectivity index (χ0) is 12.9. The second kappa shape index (κ2) is 6.18. The number of benzene rings is 1. The summed E-state index contributed by atoms with van der Waals surface area (Å²) in [5, 5.41) is 3.49. The van der Waals surface area contributed by atoms with Crippen LogP contribution in [0, 0.1) is 6.92 Å². The molecule has 0 aliphatic carbocycles. The summed E-state index contributed by atoms with van der Waals surface area (Å²) in [6.45, 7) is 12.2. The number of ether oxygens (including phenoxy) is 1. The Hall–Kier alpha value is -0.860. The number of rotatable bonds is 5. The zero-order valence-electron chi connectivity index (χ0n) is 11.7. The van der Waals surface area contributed by atoms with Crippen LogP contribution in [0.2, 0.25) is 0 Å². The summed E-state index contributed by atoms with van der Waals surface area (Å²) < 4.78 is 5.80. The molecule has 1 atom stereocenters. The number of aryl methyl sites for hydroxylation is 1. The van der Waals surface area contributed by atoms with Crippen molar-refractivity contribution in [2.75, 3.05) is 13.2 Å². The Morgan fingerprint density at radius 3 is 2.24 bits per heavy atom. The monoisotopic (exact) mass is 235 g/mol. The third-order valence-electron chi connectivity index (χ3n) is 2.63. The first-order valence-electron chi connectivity index (χ1n) is 6.35. The van der Waals surface area contributed by atoms with Gasteiger partial charge in [-0.1, -0.05) is 29.8 Å². The van der Waals surface area contributed by atoms with E-state index in [0.717, 1.165) is 13.2 Å². The van der Waals surface area contributed by atoms with E-state index in [-0.39, 0.29) is 11.6 Å². The molecule has 0 amide bonds. The Labute approximate surface area is 105 Å². The van der Waals surface area contributed by atoms with Crippen LogP contribution in [0.5, 0.6) is 0 Å². The highest BCUT2D eigenvalue weighted by Gasteiger charge is 2.15. The Morgan fingerprint density at radius 1 is 1.18 bits per heavy atom. The molecule has 1 unspecified atom stereocenters. The molecule has 0 aliphatic rings. The normalized spacial score (nSPS) is 13.7. The van der Waals surface area contributed by atoms with E-state index in [1.54, 1.807) is 0 Å². The highest BCUT2D eigenvalue weighted by atomic mass is 16.5. The van der Waals surface area contributed by atoms with E-state index in [2.05, 4.69) is 57.3 Å². The van der Waals surface area contributed by atoms with Crippen molar-refractivity contribution in [2.45, 2.75) is 46.3 Å². The smallest absolute Gasteiger partial charge is 0.0949 e. The summed E-state index contributed by atoms with van der Waals surface area (Å²) in [6.07, 6.45) is 0.139. The molecule has 0 fully saturated rings. The molecule has 0 bridgehead atoms. The molecule has 1 N–H and O–H groups in total. The predicted octanol–water partition coefficient (Wildman–Crippen LogP) is 3.46. The van der Waals surface area contributed by atoms with Crippen molar-refractivity contribution in [1.82, 2.24) is 5.32 Å².